The van der Waals surface area contributed by atoms with Gasteiger partial charge in [0.2, 0.25) is 0 Å². The van der Waals surface area contributed by atoms with Gasteiger partial charge in [0, 0.05) is 18.3 Å². The fourth-order valence-corrected chi connectivity index (χ4v) is 2.09. The van der Waals surface area contributed by atoms with Crippen molar-refractivity contribution in [3.8, 4) is 11.4 Å². The molecule has 0 aromatic carbocycles. The molecule has 2 rings (SSSR count). The molecule has 0 unspecified atom stereocenters. The number of pyridine rings is 1. The fraction of sp³-hybridized carbons (Fsp3) is 0.273. The maximum atomic E-state index is 12.7. The molecule has 0 bridgehead atoms. The first-order chi connectivity index (χ1) is 7.79. The van der Waals surface area contributed by atoms with Gasteiger partial charge < -0.3 is 5.32 Å². The third kappa shape index (κ3) is 2.62. The monoisotopic (exact) mass is 237 g/mol. The molecule has 1 N–H and O–H groups in total. The summed E-state index contributed by atoms with van der Waals surface area (Å²) in [5.74, 6) is -0.325. The number of rotatable bonds is 4. The Balaban J connectivity index is 2.15. The second-order valence-electron chi connectivity index (χ2n) is 3.34. The molecule has 0 atom stereocenters. The number of nitrogens with one attached hydrogen (secondary N) is 1. The normalized spacial score (nSPS) is 10.6. The highest BCUT2D eigenvalue weighted by Crippen LogP contribution is 2.20. The van der Waals surface area contributed by atoms with Crippen LogP contribution in [0.5, 0.6) is 0 Å². The molecule has 84 valence electrons. The van der Waals surface area contributed by atoms with Crippen molar-refractivity contribution in [1.29, 1.82) is 0 Å². The zero-order chi connectivity index (χ0) is 11.4. The zero-order valence-corrected chi connectivity index (χ0v) is 9.72. The smallest absolute Gasteiger partial charge is 0.141 e. The Hall–Kier alpha value is -1.33. The fourth-order valence-electron chi connectivity index (χ4n) is 1.30. The lowest BCUT2D eigenvalue weighted by Gasteiger charge is -1.95. The average Bonchev–Trinajstić information content (AvgIpc) is 2.76. The maximum Gasteiger partial charge on any atom is 0.141 e. The van der Waals surface area contributed by atoms with Gasteiger partial charge in [-0.25, -0.2) is 9.37 Å². The number of likely N-dealkylation sites (N-methyl/N-ethyl adjacent to an activating group) is 1. The van der Waals surface area contributed by atoms with Crippen molar-refractivity contribution in [3.05, 3.63) is 34.5 Å². The molecule has 0 radical (unpaired) electrons. The molecule has 2 aromatic heterocycles. The lowest BCUT2D eigenvalue weighted by Crippen LogP contribution is -2.09. The molecule has 2 heterocycles. The lowest BCUT2D eigenvalue weighted by atomic mass is 10.3. The molecule has 16 heavy (non-hydrogen) atoms. The first-order valence-corrected chi connectivity index (χ1v) is 5.88. The third-order valence-corrected chi connectivity index (χ3v) is 3.04. The van der Waals surface area contributed by atoms with Gasteiger partial charge in [-0.15, -0.1) is 11.3 Å². The van der Waals surface area contributed by atoms with Gasteiger partial charge in [0.15, 0.2) is 0 Å². The summed E-state index contributed by atoms with van der Waals surface area (Å²) in [5.41, 5.74) is 1.53. The Bertz CT molecular complexity index is 453. The Morgan fingerprint density at radius 2 is 2.25 bits per heavy atom. The molecular formula is C11H12FN3S. The van der Waals surface area contributed by atoms with E-state index in [1.165, 1.54) is 12.3 Å². The van der Waals surface area contributed by atoms with Crippen LogP contribution in [0.1, 0.15) is 5.01 Å². The Kier molecular flexibility index (Phi) is 3.58. The minimum atomic E-state index is -0.325. The first-order valence-electron chi connectivity index (χ1n) is 5.00. The van der Waals surface area contributed by atoms with Crippen molar-refractivity contribution in [2.24, 2.45) is 0 Å². The molecule has 5 heteroatoms. The van der Waals surface area contributed by atoms with E-state index in [1.54, 1.807) is 17.4 Å². The Morgan fingerprint density at radius 1 is 1.38 bits per heavy atom. The van der Waals surface area contributed by atoms with E-state index in [-0.39, 0.29) is 5.82 Å². The largest absolute Gasteiger partial charge is 0.319 e. The number of aromatic nitrogens is 2. The SMILES string of the molecule is CNCCc1nc(-c2ccc(F)cn2)cs1. The quantitative estimate of drug-likeness (QED) is 0.885. The number of nitrogens with zero attached hydrogens (tertiary/aromatic N) is 2. The molecular weight excluding hydrogens is 225 g/mol. The van der Waals surface area contributed by atoms with E-state index in [0.717, 1.165) is 23.7 Å². The van der Waals surface area contributed by atoms with Crippen molar-refractivity contribution < 1.29 is 4.39 Å². The van der Waals surface area contributed by atoms with Crippen LogP contribution < -0.4 is 5.32 Å². The molecule has 0 aliphatic rings. The maximum absolute atomic E-state index is 12.7. The Morgan fingerprint density at radius 3 is 2.94 bits per heavy atom. The van der Waals surface area contributed by atoms with E-state index in [1.807, 2.05) is 12.4 Å². The first kappa shape index (κ1) is 11.2. The summed E-state index contributed by atoms with van der Waals surface area (Å²) in [6.07, 6.45) is 2.12. The number of thiazole rings is 1. The van der Waals surface area contributed by atoms with E-state index in [9.17, 15) is 4.39 Å². The molecule has 0 fully saturated rings. The standard InChI is InChI=1S/C11H12FN3S/c1-13-5-4-11-15-10(7-16-11)9-3-2-8(12)6-14-9/h2-3,6-7,13H,4-5H2,1H3. The summed E-state index contributed by atoms with van der Waals surface area (Å²) in [6, 6.07) is 3.04. The van der Waals surface area contributed by atoms with Gasteiger partial charge in [0.1, 0.15) is 5.82 Å². The Labute approximate surface area is 97.4 Å². The summed E-state index contributed by atoms with van der Waals surface area (Å²) in [7, 11) is 1.91. The summed E-state index contributed by atoms with van der Waals surface area (Å²) >= 11 is 1.60. The van der Waals surface area contributed by atoms with Gasteiger partial charge in [-0.05, 0) is 19.2 Å². The lowest BCUT2D eigenvalue weighted by molar-refractivity contribution is 0.622. The summed E-state index contributed by atoms with van der Waals surface area (Å²) in [4.78, 5) is 8.44. The summed E-state index contributed by atoms with van der Waals surface area (Å²) in [6.45, 7) is 0.907. The van der Waals surface area contributed by atoms with E-state index < -0.39 is 0 Å². The van der Waals surface area contributed by atoms with Crippen LogP contribution in [-0.2, 0) is 6.42 Å². The van der Waals surface area contributed by atoms with E-state index in [4.69, 9.17) is 0 Å². The second kappa shape index (κ2) is 5.14. The van der Waals surface area contributed by atoms with Crippen molar-refractivity contribution in [2.75, 3.05) is 13.6 Å². The highest BCUT2D eigenvalue weighted by molar-refractivity contribution is 7.09. The summed E-state index contributed by atoms with van der Waals surface area (Å²) in [5, 5.41) is 6.09. The zero-order valence-electron chi connectivity index (χ0n) is 8.90. The van der Waals surface area contributed by atoms with Gasteiger partial charge in [0.05, 0.1) is 22.6 Å². The van der Waals surface area contributed by atoms with Crippen LogP contribution in [0.15, 0.2) is 23.7 Å². The van der Waals surface area contributed by atoms with Gasteiger partial charge >= 0.3 is 0 Å². The number of hydrogen-bond acceptors (Lipinski definition) is 4. The number of halogens is 1. The molecule has 0 aliphatic carbocycles. The average molecular weight is 237 g/mol. The second-order valence-corrected chi connectivity index (χ2v) is 4.28. The van der Waals surface area contributed by atoms with Crippen LogP contribution >= 0.6 is 11.3 Å². The van der Waals surface area contributed by atoms with Crippen LogP contribution in [0.3, 0.4) is 0 Å². The highest BCUT2D eigenvalue weighted by Gasteiger charge is 2.05. The van der Waals surface area contributed by atoms with Crippen LogP contribution in [0, 0.1) is 5.82 Å². The van der Waals surface area contributed by atoms with Crippen molar-refractivity contribution in [2.45, 2.75) is 6.42 Å². The molecule has 0 spiro atoms. The molecule has 0 amide bonds. The summed E-state index contributed by atoms with van der Waals surface area (Å²) < 4.78 is 12.7. The highest BCUT2D eigenvalue weighted by atomic mass is 32.1. The predicted molar refractivity (Wildman–Crippen MR) is 62.9 cm³/mol. The van der Waals surface area contributed by atoms with Crippen LogP contribution in [-0.4, -0.2) is 23.6 Å². The van der Waals surface area contributed by atoms with Gasteiger partial charge in [-0.1, -0.05) is 0 Å². The third-order valence-electron chi connectivity index (χ3n) is 2.13. The van der Waals surface area contributed by atoms with Crippen molar-refractivity contribution >= 4 is 11.3 Å². The molecule has 0 aliphatic heterocycles. The van der Waals surface area contributed by atoms with Gasteiger partial charge in [-0.3, -0.25) is 4.98 Å². The minimum absolute atomic E-state index is 0.325. The minimum Gasteiger partial charge on any atom is -0.319 e. The van der Waals surface area contributed by atoms with Gasteiger partial charge in [-0.2, -0.15) is 0 Å². The van der Waals surface area contributed by atoms with Crippen LogP contribution in [0.25, 0.3) is 11.4 Å². The number of hydrogen-bond donors (Lipinski definition) is 1. The van der Waals surface area contributed by atoms with E-state index >= 15 is 0 Å². The van der Waals surface area contributed by atoms with Crippen molar-refractivity contribution in [1.82, 2.24) is 15.3 Å². The predicted octanol–water partition coefficient (Wildman–Crippen LogP) is 2.11. The molecule has 2 aromatic rings. The van der Waals surface area contributed by atoms with E-state index in [0.29, 0.717) is 5.69 Å². The van der Waals surface area contributed by atoms with Crippen LogP contribution in [0.4, 0.5) is 4.39 Å². The van der Waals surface area contributed by atoms with Crippen LogP contribution in [0.2, 0.25) is 0 Å². The van der Waals surface area contributed by atoms with Gasteiger partial charge in [0.25, 0.3) is 0 Å². The topological polar surface area (TPSA) is 37.8 Å². The van der Waals surface area contributed by atoms with Crippen molar-refractivity contribution in [3.63, 3.8) is 0 Å². The molecule has 3 nitrogen and oxygen atoms in total. The molecule has 0 saturated carbocycles. The molecule has 0 saturated heterocycles. The van der Waals surface area contributed by atoms with E-state index in [2.05, 4.69) is 15.3 Å².